The molecule has 2 aromatic heterocycles. The summed E-state index contributed by atoms with van der Waals surface area (Å²) in [6, 6.07) is 10.6. The summed E-state index contributed by atoms with van der Waals surface area (Å²) in [5.41, 5.74) is 7.46. The number of thiazole rings is 1. The monoisotopic (exact) mass is 358 g/mol. The number of esters is 1. The predicted molar refractivity (Wildman–Crippen MR) is 94.0 cm³/mol. The Morgan fingerprint density at radius 1 is 1.21 bits per heavy atom. The van der Waals surface area contributed by atoms with E-state index in [4.69, 9.17) is 10.5 Å². The van der Waals surface area contributed by atoms with Gasteiger partial charge in [0.25, 0.3) is 5.91 Å². The Morgan fingerprint density at radius 3 is 2.58 bits per heavy atom. The Bertz CT molecular complexity index is 857. The van der Waals surface area contributed by atoms with Crippen LogP contribution in [-0.4, -0.2) is 16.9 Å². The number of aromatic nitrogens is 1. The van der Waals surface area contributed by atoms with Crippen LogP contribution in [0, 0.1) is 6.92 Å². The Labute approximate surface area is 146 Å². The van der Waals surface area contributed by atoms with E-state index in [9.17, 15) is 9.59 Å². The van der Waals surface area contributed by atoms with Gasteiger partial charge < -0.3 is 10.5 Å². The zero-order valence-electron chi connectivity index (χ0n) is 12.8. The van der Waals surface area contributed by atoms with Gasteiger partial charge in [0.05, 0.1) is 5.69 Å². The molecule has 2 N–H and O–H groups in total. The molecule has 3 rings (SSSR count). The summed E-state index contributed by atoms with van der Waals surface area (Å²) < 4.78 is 5.36. The van der Waals surface area contributed by atoms with Gasteiger partial charge >= 0.3 is 5.97 Å². The molecule has 0 bridgehead atoms. The van der Waals surface area contributed by atoms with Gasteiger partial charge in [0.2, 0.25) is 6.10 Å². The van der Waals surface area contributed by atoms with Crippen molar-refractivity contribution in [3.05, 3.63) is 63.3 Å². The summed E-state index contributed by atoms with van der Waals surface area (Å²) in [4.78, 5) is 28.9. The van der Waals surface area contributed by atoms with Gasteiger partial charge in [0, 0.05) is 16.5 Å². The predicted octanol–water partition coefficient (Wildman–Crippen LogP) is 3.56. The lowest BCUT2D eigenvalue weighted by Crippen LogP contribution is -2.26. The number of thiophene rings is 1. The lowest BCUT2D eigenvalue weighted by molar-refractivity contribution is -0.127. The van der Waals surface area contributed by atoms with Gasteiger partial charge in [0.15, 0.2) is 0 Å². The van der Waals surface area contributed by atoms with E-state index >= 15 is 0 Å². The summed E-state index contributed by atoms with van der Waals surface area (Å²) >= 11 is 2.80. The van der Waals surface area contributed by atoms with Crippen LogP contribution in [0.2, 0.25) is 0 Å². The van der Waals surface area contributed by atoms with Crippen LogP contribution in [0.4, 0.5) is 0 Å². The average molecular weight is 358 g/mol. The van der Waals surface area contributed by atoms with Gasteiger partial charge in [-0.15, -0.1) is 11.3 Å². The van der Waals surface area contributed by atoms with E-state index in [0.29, 0.717) is 16.1 Å². The van der Waals surface area contributed by atoms with Crippen LogP contribution in [0.1, 0.15) is 27.0 Å². The van der Waals surface area contributed by atoms with E-state index in [1.54, 1.807) is 42.5 Å². The SMILES string of the molecule is Cc1nc(-c2ccsc2)sc1C(=O)O[C@@H](C(N)=O)c1ccccc1. The average Bonchev–Trinajstić information content (AvgIpc) is 3.22. The second kappa shape index (κ2) is 6.94. The number of ether oxygens (including phenoxy) is 1. The maximum atomic E-state index is 12.5. The molecule has 0 saturated heterocycles. The number of carbonyl (C=O) groups is 2. The number of aryl methyl sites for hydroxylation is 1. The normalized spacial score (nSPS) is 11.9. The zero-order valence-corrected chi connectivity index (χ0v) is 14.4. The van der Waals surface area contributed by atoms with Crippen LogP contribution in [-0.2, 0) is 9.53 Å². The van der Waals surface area contributed by atoms with E-state index < -0.39 is 18.0 Å². The first-order valence-electron chi connectivity index (χ1n) is 7.11. The lowest BCUT2D eigenvalue weighted by atomic mass is 10.1. The topological polar surface area (TPSA) is 82.3 Å². The molecule has 1 aromatic carbocycles. The summed E-state index contributed by atoms with van der Waals surface area (Å²) in [7, 11) is 0. The molecule has 0 aliphatic rings. The second-order valence-corrected chi connectivity index (χ2v) is 6.82. The molecular weight excluding hydrogens is 344 g/mol. The van der Waals surface area contributed by atoms with Crippen LogP contribution in [0.3, 0.4) is 0 Å². The number of carbonyl (C=O) groups excluding carboxylic acids is 2. The highest BCUT2D eigenvalue weighted by Crippen LogP contribution is 2.31. The van der Waals surface area contributed by atoms with Crippen molar-refractivity contribution in [3.63, 3.8) is 0 Å². The zero-order chi connectivity index (χ0) is 17.1. The molecule has 0 aliphatic heterocycles. The fourth-order valence-corrected chi connectivity index (χ4v) is 3.83. The number of rotatable bonds is 5. The van der Waals surface area contributed by atoms with Crippen LogP contribution in [0.5, 0.6) is 0 Å². The molecule has 122 valence electrons. The summed E-state index contributed by atoms with van der Waals surface area (Å²) in [6.45, 7) is 1.74. The van der Waals surface area contributed by atoms with Crippen LogP contribution >= 0.6 is 22.7 Å². The van der Waals surface area contributed by atoms with Gasteiger partial charge in [-0.3, -0.25) is 4.79 Å². The first-order chi connectivity index (χ1) is 11.6. The number of nitrogens with two attached hydrogens (primary N) is 1. The quantitative estimate of drug-likeness (QED) is 0.707. The number of amides is 1. The number of nitrogens with zero attached hydrogens (tertiary/aromatic N) is 1. The van der Waals surface area contributed by atoms with Crippen molar-refractivity contribution in [2.24, 2.45) is 5.73 Å². The molecule has 3 aromatic rings. The fourth-order valence-electron chi connectivity index (χ4n) is 2.17. The molecule has 0 spiro atoms. The molecule has 7 heteroatoms. The van der Waals surface area contributed by atoms with E-state index in [-0.39, 0.29) is 0 Å². The number of hydrogen-bond donors (Lipinski definition) is 1. The van der Waals surface area contributed by atoms with Crippen LogP contribution < -0.4 is 5.73 Å². The molecular formula is C17H14N2O3S2. The van der Waals surface area contributed by atoms with Crippen molar-refractivity contribution >= 4 is 34.6 Å². The van der Waals surface area contributed by atoms with Crippen molar-refractivity contribution in [1.29, 1.82) is 0 Å². The minimum atomic E-state index is -1.12. The molecule has 1 amide bonds. The van der Waals surface area contributed by atoms with Crippen molar-refractivity contribution in [1.82, 2.24) is 4.98 Å². The maximum Gasteiger partial charge on any atom is 0.351 e. The third kappa shape index (κ3) is 3.37. The third-order valence-corrected chi connectivity index (χ3v) is 5.21. The second-order valence-electron chi connectivity index (χ2n) is 5.04. The highest BCUT2D eigenvalue weighted by atomic mass is 32.1. The van der Waals surface area contributed by atoms with Crippen molar-refractivity contribution < 1.29 is 14.3 Å². The fraction of sp³-hybridized carbons (Fsp3) is 0.118. The van der Waals surface area contributed by atoms with E-state index in [0.717, 1.165) is 10.6 Å². The molecule has 0 radical (unpaired) electrons. The van der Waals surface area contributed by atoms with Crippen molar-refractivity contribution in [2.45, 2.75) is 13.0 Å². The van der Waals surface area contributed by atoms with Gasteiger partial charge in [-0.25, -0.2) is 9.78 Å². The van der Waals surface area contributed by atoms with Crippen molar-refractivity contribution in [3.8, 4) is 10.6 Å². The minimum Gasteiger partial charge on any atom is -0.443 e. The van der Waals surface area contributed by atoms with Crippen molar-refractivity contribution in [2.75, 3.05) is 0 Å². The number of benzene rings is 1. The Kier molecular flexibility index (Phi) is 4.73. The summed E-state index contributed by atoms with van der Waals surface area (Å²) in [6.07, 6.45) is -1.12. The Hall–Kier alpha value is -2.51. The Balaban J connectivity index is 1.85. The van der Waals surface area contributed by atoms with E-state index in [2.05, 4.69) is 4.98 Å². The van der Waals surface area contributed by atoms with Gasteiger partial charge in [0.1, 0.15) is 9.88 Å². The van der Waals surface area contributed by atoms with Crippen LogP contribution in [0.25, 0.3) is 10.6 Å². The molecule has 0 fully saturated rings. The smallest absolute Gasteiger partial charge is 0.351 e. The molecule has 5 nitrogen and oxygen atoms in total. The standard InChI is InChI=1S/C17H14N2O3S2/c1-10-14(24-16(19-10)12-7-8-23-9-12)17(21)22-13(15(18)20)11-5-3-2-4-6-11/h2-9,13H,1H3,(H2,18,20)/t13-/m1/s1. The van der Waals surface area contributed by atoms with E-state index in [1.165, 1.54) is 11.3 Å². The highest BCUT2D eigenvalue weighted by molar-refractivity contribution is 7.17. The highest BCUT2D eigenvalue weighted by Gasteiger charge is 2.26. The summed E-state index contributed by atoms with van der Waals surface area (Å²) in [5.74, 6) is -1.31. The largest absolute Gasteiger partial charge is 0.443 e. The summed E-state index contributed by atoms with van der Waals surface area (Å²) in [5, 5.41) is 4.66. The molecule has 24 heavy (non-hydrogen) atoms. The van der Waals surface area contributed by atoms with Crippen LogP contribution in [0.15, 0.2) is 47.2 Å². The van der Waals surface area contributed by atoms with Gasteiger partial charge in [-0.1, -0.05) is 30.3 Å². The molecule has 1 atom stereocenters. The van der Waals surface area contributed by atoms with E-state index in [1.807, 2.05) is 22.9 Å². The molecule has 0 aliphatic carbocycles. The van der Waals surface area contributed by atoms with Gasteiger partial charge in [-0.2, -0.15) is 11.3 Å². The van der Waals surface area contributed by atoms with Gasteiger partial charge in [-0.05, 0) is 18.4 Å². The molecule has 0 unspecified atom stereocenters. The lowest BCUT2D eigenvalue weighted by Gasteiger charge is -2.14. The first kappa shape index (κ1) is 16.4. The number of primary amides is 1. The Morgan fingerprint density at radius 2 is 1.96 bits per heavy atom. The third-order valence-electron chi connectivity index (χ3n) is 3.34. The number of hydrogen-bond acceptors (Lipinski definition) is 6. The first-order valence-corrected chi connectivity index (χ1v) is 8.87. The molecule has 0 saturated carbocycles. The maximum absolute atomic E-state index is 12.5. The molecule has 2 heterocycles. The minimum absolute atomic E-state index is 0.374.